The van der Waals surface area contributed by atoms with E-state index in [1.807, 2.05) is 30.3 Å². The van der Waals surface area contributed by atoms with Crippen molar-refractivity contribution in [3.05, 3.63) is 76.5 Å². The number of carbonyl (C=O) groups is 1. The number of piperazine rings is 1. The summed E-state index contributed by atoms with van der Waals surface area (Å²) in [4.78, 5) is 17.0. The number of rotatable bonds is 5. The molecule has 0 saturated carbocycles. The van der Waals surface area contributed by atoms with Gasteiger partial charge >= 0.3 is 0 Å². The number of halogens is 2. The predicted molar refractivity (Wildman–Crippen MR) is 128 cm³/mol. The topological polar surface area (TPSA) is 48.7 Å². The third-order valence-corrected chi connectivity index (χ3v) is 5.61. The van der Waals surface area contributed by atoms with Crippen LogP contribution in [0.2, 0.25) is 10.0 Å². The van der Waals surface area contributed by atoms with Crippen molar-refractivity contribution >= 4 is 46.6 Å². The monoisotopic (exact) mass is 455 g/mol. The summed E-state index contributed by atoms with van der Waals surface area (Å²) >= 11 is 12.1. The van der Waals surface area contributed by atoms with Gasteiger partial charge in [-0.05, 0) is 67.7 Å². The first-order valence-corrected chi connectivity index (χ1v) is 10.8. The molecule has 0 radical (unpaired) electrons. The second-order valence-corrected chi connectivity index (χ2v) is 8.39. The molecule has 0 bridgehead atoms. The number of nitrogens with one attached hydrogen (secondary N) is 1. The van der Waals surface area contributed by atoms with Crippen LogP contribution in [0.15, 0.2) is 65.1 Å². The van der Waals surface area contributed by atoms with Gasteiger partial charge in [0.1, 0.15) is 11.5 Å². The quantitative estimate of drug-likeness (QED) is 0.504. The number of anilines is 2. The van der Waals surface area contributed by atoms with E-state index in [-0.39, 0.29) is 5.91 Å². The molecule has 3 aromatic rings. The van der Waals surface area contributed by atoms with Crippen molar-refractivity contribution in [3.63, 3.8) is 0 Å². The smallest absolute Gasteiger partial charge is 0.248 e. The Morgan fingerprint density at radius 3 is 2.32 bits per heavy atom. The number of benzene rings is 2. The Hall–Kier alpha value is -2.73. The Bertz CT molecular complexity index is 1060. The highest BCUT2D eigenvalue weighted by molar-refractivity contribution is 6.35. The number of carbonyl (C=O) groups excluding carboxylic acids is 1. The zero-order valence-corrected chi connectivity index (χ0v) is 18.7. The van der Waals surface area contributed by atoms with Crippen molar-refractivity contribution < 1.29 is 9.21 Å². The number of amides is 1. The third-order valence-electron chi connectivity index (χ3n) is 5.18. The third kappa shape index (κ3) is 5.70. The molecule has 2 heterocycles. The molecule has 1 N–H and O–H groups in total. The fourth-order valence-electron chi connectivity index (χ4n) is 3.46. The molecule has 1 aliphatic rings. The molecule has 7 heteroatoms. The zero-order valence-electron chi connectivity index (χ0n) is 17.1. The molecular weight excluding hydrogens is 433 g/mol. The van der Waals surface area contributed by atoms with Gasteiger partial charge in [-0.3, -0.25) is 4.79 Å². The predicted octanol–water partition coefficient (Wildman–Crippen LogP) is 5.66. The number of nitrogens with zero attached hydrogens (tertiary/aromatic N) is 2. The summed E-state index contributed by atoms with van der Waals surface area (Å²) in [5.74, 6) is 0.965. The van der Waals surface area contributed by atoms with Crippen LogP contribution in [0.4, 0.5) is 11.4 Å². The molecule has 1 aromatic heterocycles. The molecular formula is C24H23Cl2N3O2. The van der Waals surface area contributed by atoms with E-state index in [2.05, 4.69) is 22.2 Å². The summed E-state index contributed by atoms with van der Waals surface area (Å²) < 4.78 is 5.78. The maximum atomic E-state index is 12.3. The van der Waals surface area contributed by atoms with Crippen LogP contribution in [0, 0.1) is 0 Å². The molecule has 0 spiro atoms. The van der Waals surface area contributed by atoms with Crippen molar-refractivity contribution in [1.29, 1.82) is 0 Å². The first kappa shape index (κ1) is 21.5. The first-order valence-electron chi connectivity index (χ1n) is 10.1. The normalized spacial score (nSPS) is 14.9. The molecule has 2 aromatic carbocycles. The van der Waals surface area contributed by atoms with Crippen LogP contribution in [0.1, 0.15) is 5.76 Å². The lowest BCUT2D eigenvalue weighted by Gasteiger charge is -2.34. The highest BCUT2D eigenvalue weighted by Crippen LogP contribution is 2.29. The lowest BCUT2D eigenvalue weighted by molar-refractivity contribution is -0.111. The van der Waals surface area contributed by atoms with Gasteiger partial charge in [0.2, 0.25) is 5.91 Å². The van der Waals surface area contributed by atoms with Gasteiger partial charge in [0.05, 0.1) is 0 Å². The van der Waals surface area contributed by atoms with Gasteiger partial charge in [0.15, 0.2) is 0 Å². The fraction of sp³-hybridized carbons (Fsp3) is 0.208. The molecule has 1 fully saturated rings. The summed E-state index contributed by atoms with van der Waals surface area (Å²) in [6.45, 7) is 4.14. The van der Waals surface area contributed by atoms with Crippen LogP contribution in [0.5, 0.6) is 0 Å². The Labute approximate surface area is 191 Å². The van der Waals surface area contributed by atoms with Crippen molar-refractivity contribution in [2.24, 2.45) is 0 Å². The van der Waals surface area contributed by atoms with E-state index in [9.17, 15) is 4.79 Å². The summed E-state index contributed by atoms with van der Waals surface area (Å²) in [5.41, 5.74) is 2.70. The SMILES string of the molecule is CN1CCN(c2ccc(NC(=O)/C=C/c3ccc(-c4cc(Cl)cc(Cl)c4)o3)cc2)CC1. The van der Waals surface area contributed by atoms with E-state index in [0.717, 1.165) is 37.4 Å². The number of likely N-dealkylation sites (N-methyl/N-ethyl adjacent to an activating group) is 1. The Kier molecular flexibility index (Phi) is 6.66. The van der Waals surface area contributed by atoms with Crippen LogP contribution < -0.4 is 10.2 Å². The van der Waals surface area contributed by atoms with Crippen LogP contribution in [0.3, 0.4) is 0 Å². The second-order valence-electron chi connectivity index (χ2n) is 7.52. The standard InChI is InChI=1S/C24H23Cl2N3O2/c1-28-10-12-29(13-11-28)21-4-2-20(3-5-21)27-24(30)9-7-22-6-8-23(31-22)17-14-18(25)16-19(26)15-17/h2-9,14-16H,10-13H2,1H3,(H,27,30)/b9-7+. The molecule has 4 rings (SSSR count). The Balaban J connectivity index is 1.35. The van der Waals surface area contributed by atoms with Crippen LogP contribution in [0.25, 0.3) is 17.4 Å². The minimum absolute atomic E-state index is 0.226. The lowest BCUT2D eigenvalue weighted by atomic mass is 10.2. The largest absolute Gasteiger partial charge is 0.457 e. The lowest BCUT2D eigenvalue weighted by Crippen LogP contribution is -2.44. The van der Waals surface area contributed by atoms with E-state index in [0.29, 0.717) is 21.6 Å². The van der Waals surface area contributed by atoms with Crippen LogP contribution >= 0.6 is 23.2 Å². The Morgan fingerprint density at radius 1 is 0.968 bits per heavy atom. The van der Waals surface area contributed by atoms with Gasteiger partial charge in [-0.1, -0.05) is 23.2 Å². The summed E-state index contributed by atoms with van der Waals surface area (Å²) in [6, 6.07) is 16.8. The van der Waals surface area contributed by atoms with Gasteiger partial charge in [-0.15, -0.1) is 0 Å². The molecule has 160 valence electrons. The van der Waals surface area contributed by atoms with E-state index in [1.165, 1.54) is 11.8 Å². The van der Waals surface area contributed by atoms with Gasteiger partial charge in [0.25, 0.3) is 0 Å². The Morgan fingerprint density at radius 2 is 1.65 bits per heavy atom. The number of furan rings is 1. The minimum atomic E-state index is -0.226. The average Bonchev–Trinajstić information content (AvgIpc) is 3.22. The molecule has 1 amide bonds. The molecule has 5 nitrogen and oxygen atoms in total. The zero-order chi connectivity index (χ0) is 21.8. The molecule has 1 aliphatic heterocycles. The summed E-state index contributed by atoms with van der Waals surface area (Å²) in [6.07, 6.45) is 3.07. The van der Waals surface area contributed by atoms with Gasteiger partial charge < -0.3 is 19.5 Å². The van der Waals surface area contributed by atoms with Crippen LogP contribution in [-0.2, 0) is 4.79 Å². The first-order chi connectivity index (χ1) is 15.0. The van der Waals surface area contributed by atoms with Gasteiger partial charge in [-0.25, -0.2) is 0 Å². The van der Waals surface area contributed by atoms with E-state index in [1.54, 1.807) is 30.3 Å². The highest BCUT2D eigenvalue weighted by Gasteiger charge is 2.14. The van der Waals surface area contributed by atoms with Gasteiger partial charge in [0, 0.05) is 59.2 Å². The maximum absolute atomic E-state index is 12.3. The average molecular weight is 456 g/mol. The maximum Gasteiger partial charge on any atom is 0.248 e. The van der Waals surface area contributed by atoms with Crippen molar-refractivity contribution in [1.82, 2.24) is 4.90 Å². The number of hydrogen-bond donors (Lipinski definition) is 1. The second kappa shape index (κ2) is 9.60. The molecule has 0 unspecified atom stereocenters. The van der Waals surface area contributed by atoms with E-state index < -0.39 is 0 Å². The summed E-state index contributed by atoms with van der Waals surface area (Å²) in [7, 11) is 2.14. The van der Waals surface area contributed by atoms with Crippen molar-refractivity contribution in [3.8, 4) is 11.3 Å². The van der Waals surface area contributed by atoms with Gasteiger partial charge in [-0.2, -0.15) is 0 Å². The van der Waals surface area contributed by atoms with E-state index in [4.69, 9.17) is 27.6 Å². The molecule has 31 heavy (non-hydrogen) atoms. The molecule has 1 saturated heterocycles. The van der Waals surface area contributed by atoms with Crippen molar-refractivity contribution in [2.75, 3.05) is 43.4 Å². The highest BCUT2D eigenvalue weighted by atomic mass is 35.5. The molecule has 0 atom stereocenters. The van der Waals surface area contributed by atoms with Crippen molar-refractivity contribution in [2.45, 2.75) is 0 Å². The van der Waals surface area contributed by atoms with E-state index >= 15 is 0 Å². The molecule has 0 aliphatic carbocycles. The number of hydrogen-bond acceptors (Lipinski definition) is 4. The fourth-order valence-corrected chi connectivity index (χ4v) is 3.98. The van der Waals surface area contributed by atoms with Crippen LogP contribution in [-0.4, -0.2) is 44.0 Å². The summed E-state index contributed by atoms with van der Waals surface area (Å²) in [5, 5.41) is 3.95. The minimum Gasteiger partial charge on any atom is -0.457 e.